The highest BCUT2D eigenvalue weighted by Gasteiger charge is 1.95. The predicted molar refractivity (Wildman–Crippen MR) is 47.6 cm³/mol. The van der Waals surface area contributed by atoms with Gasteiger partial charge in [0.1, 0.15) is 0 Å². The fourth-order valence-corrected chi connectivity index (χ4v) is 0.835. The van der Waals surface area contributed by atoms with Crippen LogP contribution in [0, 0.1) is 0 Å². The van der Waals surface area contributed by atoms with Crippen molar-refractivity contribution in [2.45, 2.75) is 6.54 Å². The largest absolute Gasteiger partial charge is 0.370 e. The van der Waals surface area contributed by atoms with E-state index in [-0.39, 0.29) is 0 Å². The third kappa shape index (κ3) is 2.26. The van der Waals surface area contributed by atoms with Gasteiger partial charge < -0.3 is 11.1 Å². The lowest BCUT2D eigenvalue weighted by atomic mass is 10.4. The molecule has 0 unspecified atom stereocenters. The normalized spacial score (nSPS) is 11.7. The van der Waals surface area contributed by atoms with Crippen LogP contribution in [0.5, 0.6) is 0 Å². The van der Waals surface area contributed by atoms with E-state index in [0.717, 1.165) is 5.56 Å². The molecule has 0 amide bonds. The van der Waals surface area contributed by atoms with Crippen molar-refractivity contribution in [2.75, 3.05) is 7.05 Å². The summed E-state index contributed by atoms with van der Waals surface area (Å²) in [5, 5.41) is 6.95. The molecule has 5 nitrogen and oxygen atoms in total. The van der Waals surface area contributed by atoms with Gasteiger partial charge in [-0.1, -0.05) is 0 Å². The molecule has 0 spiro atoms. The third-order valence-corrected chi connectivity index (χ3v) is 1.47. The second-order valence-corrected chi connectivity index (χ2v) is 2.48. The van der Waals surface area contributed by atoms with Gasteiger partial charge >= 0.3 is 0 Å². The molecule has 0 atom stereocenters. The van der Waals surface area contributed by atoms with Crippen molar-refractivity contribution >= 4 is 5.96 Å². The summed E-state index contributed by atoms with van der Waals surface area (Å²) in [5.74, 6) is 0.443. The predicted octanol–water partition coefficient (Wildman–Crippen LogP) is -0.546. The van der Waals surface area contributed by atoms with Crippen LogP contribution in [0.1, 0.15) is 5.56 Å². The highest BCUT2D eigenvalue weighted by molar-refractivity contribution is 5.77. The van der Waals surface area contributed by atoms with Crippen molar-refractivity contribution in [1.82, 2.24) is 15.1 Å². The van der Waals surface area contributed by atoms with Gasteiger partial charge in [0.25, 0.3) is 0 Å². The zero-order chi connectivity index (χ0) is 8.97. The molecule has 1 heterocycles. The number of nitrogens with zero attached hydrogens (tertiary/aromatic N) is 3. The average Bonchev–Trinajstić information content (AvgIpc) is 2.47. The number of guanidine groups is 1. The minimum absolute atomic E-state index is 0.443. The molecule has 3 N–H and O–H groups in total. The molecule has 0 aliphatic heterocycles. The SMILES string of the molecule is CN=C(N)NCc1cnn(C)c1. The number of nitrogens with two attached hydrogens (primary N) is 1. The third-order valence-electron chi connectivity index (χ3n) is 1.47. The molecule has 0 radical (unpaired) electrons. The van der Waals surface area contributed by atoms with E-state index in [2.05, 4.69) is 15.4 Å². The van der Waals surface area contributed by atoms with Crippen molar-refractivity contribution in [3.05, 3.63) is 18.0 Å². The number of aromatic nitrogens is 2. The van der Waals surface area contributed by atoms with E-state index < -0.39 is 0 Å². The Kier molecular flexibility index (Phi) is 2.68. The van der Waals surface area contributed by atoms with E-state index in [1.165, 1.54) is 0 Å². The van der Waals surface area contributed by atoms with E-state index in [4.69, 9.17) is 5.73 Å². The first-order valence-electron chi connectivity index (χ1n) is 3.66. The van der Waals surface area contributed by atoms with Crippen molar-refractivity contribution < 1.29 is 0 Å². The highest BCUT2D eigenvalue weighted by Crippen LogP contribution is 1.93. The molecule has 66 valence electrons. The summed E-state index contributed by atoms with van der Waals surface area (Å²) in [6.45, 7) is 0.664. The fraction of sp³-hybridized carbons (Fsp3) is 0.429. The van der Waals surface area contributed by atoms with Crippen LogP contribution in [-0.2, 0) is 13.6 Å². The van der Waals surface area contributed by atoms with Gasteiger partial charge in [-0.05, 0) is 0 Å². The van der Waals surface area contributed by atoms with Crippen LogP contribution in [0.25, 0.3) is 0 Å². The Morgan fingerprint density at radius 3 is 3.08 bits per heavy atom. The van der Waals surface area contributed by atoms with Crippen LogP contribution >= 0.6 is 0 Å². The summed E-state index contributed by atoms with van der Waals surface area (Å²) in [4.78, 5) is 3.77. The maximum Gasteiger partial charge on any atom is 0.188 e. The molecule has 0 saturated carbocycles. The lowest BCUT2D eigenvalue weighted by molar-refractivity contribution is 0.766. The smallest absolute Gasteiger partial charge is 0.188 e. The number of rotatable bonds is 2. The number of aryl methyl sites for hydroxylation is 1. The average molecular weight is 167 g/mol. The topological polar surface area (TPSA) is 68.2 Å². The minimum atomic E-state index is 0.443. The zero-order valence-corrected chi connectivity index (χ0v) is 7.28. The Balaban J connectivity index is 2.43. The van der Waals surface area contributed by atoms with E-state index in [9.17, 15) is 0 Å². The second-order valence-electron chi connectivity index (χ2n) is 2.48. The van der Waals surface area contributed by atoms with Gasteiger partial charge in [-0.15, -0.1) is 0 Å². The molecule has 0 aliphatic rings. The summed E-state index contributed by atoms with van der Waals surface area (Å²) in [6, 6.07) is 0. The van der Waals surface area contributed by atoms with E-state index in [1.54, 1.807) is 17.9 Å². The molecular weight excluding hydrogens is 154 g/mol. The number of nitrogens with one attached hydrogen (secondary N) is 1. The number of hydrogen-bond acceptors (Lipinski definition) is 2. The molecule has 0 aliphatic carbocycles. The molecule has 5 heteroatoms. The first kappa shape index (κ1) is 8.58. The standard InChI is InChI=1S/C7H13N5/c1-9-7(8)10-3-6-4-11-12(2)5-6/h4-5H,3H2,1-2H3,(H3,8,9,10). The second kappa shape index (κ2) is 3.75. The Hall–Kier alpha value is -1.52. The van der Waals surface area contributed by atoms with Gasteiger partial charge in [0, 0.05) is 32.4 Å². The van der Waals surface area contributed by atoms with Crippen LogP contribution in [-0.4, -0.2) is 22.8 Å². The van der Waals surface area contributed by atoms with Crippen LogP contribution in [0.3, 0.4) is 0 Å². The Labute approximate surface area is 71.3 Å². The van der Waals surface area contributed by atoms with E-state index >= 15 is 0 Å². The molecular formula is C7H13N5. The summed E-state index contributed by atoms with van der Waals surface area (Å²) >= 11 is 0. The molecule has 12 heavy (non-hydrogen) atoms. The van der Waals surface area contributed by atoms with Gasteiger partial charge in [-0.2, -0.15) is 5.10 Å². The molecule has 0 fully saturated rings. The first-order chi connectivity index (χ1) is 5.72. The molecule has 0 aromatic carbocycles. The van der Waals surface area contributed by atoms with Gasteiger partial charge in [0.05, 0.1) is 6.20 Å². The monoisotopic (exact) mass is 167 g/mol. The van der Waals surface area contributed by atoms with Gasteiger partial charge in [-0.3, -0.25) is 9.67 Å². The molecule has 0 bridgehead atoms. The maximum atomic E-state index is 5.44. The summed E-state index contributed by atoms with van der Waals surface area (Å²) < 4.78 is 1.75. The Morgan fingerprint density at radius 1 is 1.83 bits per heavy atom. The first-order valence-corrected chi connectivity index (χ1v) is 3.66. The van der Waals surface area contributed by atoms with Crippen LogP contribution in [0.4, 0.5) is 0 Å². The van der Waals surface area contributed by atoms with Crippen molar-refractivity contribution in [3.63, 3.8) is 0 Å². The maximum absolute atomic E-state index is 5.44. The zero-order valence-electron chi connectivity index (χ0n) is 7.28. The molecule has 0 saturated heterocycles. The van der Waals surface area contributed by atoms with E-state index in [1.807, 2.05) is 13.2 Å². The van der Waals surface area contributed by atoms with Crippen LogP contribution in [0.15, 0.2) is 17.4 Å². The van der Waals surface area contributed by atoms with Gasteiger partial charge in [0.15, 0.2) is 5.96 Å². The Bertz CT molecular complexity index is 275. The molecule has 1 rings (SSSR count). The Morgan fingerprint density at radius 2 is 2.58 bits per heavy atom. The van der Waals surface area contributed by atoms with Crippen molar-refractivity contribution in [1.29, 1.82) is 0 Å². The van der Waals surface area contributed by atoms with Crippen LogP contribution in [0.2, 0.25) is 0 Å². The van der Waals surface area contributed by atoms with E-state index in [0.29, 0.717) is 12.5 Å². The quantitative estimate of drug-likeness (QED) is 0.459. The molecule has 1 aromatic heterocycles. The van der Waals surface area contributed by atoms with Crippen molar-refractivity contribution in [2.24, 2.45) is 17.8 Å². The van der Waals surface area contributed by atoms with Crippen molar-refractivity contribution in [3.8, 4) is 0 Å². The van der Waals surface area contributed by atoms with Crippen LogP contribution < -0.4 is 11.1 Å². The number of hydrogen-bond donors (Lipinski definition) is 2. The summed E-state index contributed by atoms with van der Waals surface area (Å²) in [6.07, 6.45) is 3.71. The van der Waals surface area contributed by atoms with Gasteiger partial charge in [-0.25, -0.2) is 0 Å². The fourth-order valence-electron chi connectivity index (χ4n) is 0.835. The number of aliphatic imine (C=N–C) groups is 1. The summed E-state index contributed by atoms with van der Waals surface area (Å²) in [7, 11) is 3.52. The lowest BCUT2D eigenvalue weighted by Gasteiger charge is -2.00. The summed E-state index contributed by atoms with van der Waals surface area (Å²) in [5.41, 5.74) is 6.53. The highest BCUT2D eigenvalue weighted by atomic mass is 15.2. The molecule has 1 aromatic rings. The lowest BCUT2D eigenvalue weighted by Crippen LogP contribution is -2.30. The van der Waals surface area contributed by atoms with Gasteiger partial charge in [0.2, 0.25) is 0 Å². The minimum Gasteiger partial charge on any atom is -0.370 e.